The van der Waals surface area contributed by atoms with Crippen LogP contribution in [0.3, 0.4) is 0 Å². The topological polar surface area (TPSA) is 54.0 Å². The molecule has 1 heterocycles. The lowest BCUT2D eigenvalue weighted by molar-refractivity contribution is -0.137. The molecule has 0 aliphatic heterocycles. The average Bonchev–Trinajstić information content (AvgIpc) is 2.61. The van der Waals surface area contributed by atoms with Gasteiger partial charge >= 0.3 is 6.18 Å². The molecule has 146 valence electrons. The Balaban J connectivity index is 1.86. The van der Waals surface area contributed by atoms with E-state index < -0.39 is 11.7 Å². The molecule has 0 fully saturated rings. The van der Waals surface area contributed by atoms with Crippen molar-refractivity contribution in [1.82, 2.24) is 10.3 Å². The van der Waals surface area contributed by atoms with E-state index in [0.29, 0.717) is 18.7 Å². The fraction of sp³-hybridized carbons (Fsp3) is 0.400. The molecule has 0 aliphatic rings. The van der Waals surface area contributed by atoms with E-state index >= 15 is 0 Å². The van der Waals surface area contributed by atoms with E-state index in [9.17, 15) is 18.0 Å². The Bertz CT molecular complexity index is 716. The normalized spacial score (nSPS) is 12.7. The smallest absolute Gasteiger partial charge is 0.382 e. The van der Waals surface area contributed by atoms with Crippen LogP contribution in [0, 0.1) is 5.92 Å². The summed E-state index contributed by atoms with van der Waals surface area (Å²) in [7, 11) is 0. The summed E-state index contributed by atoms with van der Waals surface area (Å²) in [5.41, 5.74) is 0.769. The minimum Gasteiger partial charge on any atom is -0.382 e. The molecule has 0 unspecified atom stereocenters. The summed E-state index contributed by atoms with van der Waals surface area (Å²) >= 11 is 0. The number of halogens is 3. The van der Waals surface area contributed by atoms with Gasteiger partial charge in [-0.3, -0.25) is 9.78 Å². The number of alkyl halides is 3. The molecule has 1 aromatic carbocycles. The highest BCUT2D eigenvalue weighted by molar-refractivity contribution is 5.77. The third-order valence-corrected chi connectivity index (χ3v) is 4.20. The van der Waals surface area contributed by atoms with Crippen LogP contribution in [0.2, 0.25) is 0 Å². The molecule has 2 rings (SSSR count). The van der Waals surface area contributed by atoms with Gasteiger partial charge in [-0.1, -0.05) is 19.9 Å². The summed E-state index contributed by atoms with van der Waals surface area (Å²) < 4.78 is 37.9. The van der Waals surface area contributed by atoms with Crippen LogP contribution in [0.15, 0.2) is 48.7 Å². The van der Waals surface area contributed by atoms with Gasteiger partial charge in [-0.25, -0.2) is 0 Å². The molecule has 0 radical (unpaired) electrons. The van der Waals surface area contributed by atoms with E-state index in [1.165, 1.54) is 12.1 Å². The van der Waals surface area contributed by atoms with Crippen LogP contribution in [0.5, 0.6) is 0 Å². The first kappa shape index (κ1) is 20.7. The standard InChI is InChI=1S/C20H24F3N3O/c1-14(2)18(26-17-8-6-15(7-9-17)20(21,22)23)13-19(27)25-12-10-16-5-3-4-11-24-16/h3-9,11,14,18,26H,10,12-13H2,1-2H3,(H,25,27)/t18-/m0/s1. The lowest BCUT2D eigenvalue weighted by Gasteiger charge is -2.23. The number of hydrogen-bond acceptors (Lipinski definition) is 3. The molecule has 1 atom stereocenters. The highest BCUT2D eigenvalue weighted by Crippen LogP contribution is 2.30. The predicted molar refractivity (Wildman–Crippen MR) is 99.3 cm³/mol. The molecule has 0 saturated heterocycles. The second-order valence-corrected chi connectivity index (χ2v) is 6.70. The van der Waals surface area contributed by atoms with Crippen molar-refractivity contribution in [2.75, 3.05) is 11.9 Å². The van der Waals surface area contributed by atoms with Crippen LogP contribution in [0.25, 0.3) is 0 Å². The van der Waals surface area contributed by atoms with Gasteiger partial charge in [0, 0.05) is 43.0 Å². The maximum atomic E-state index is 12.6. The van der Waals surface area contributed by atoms with E-state index in [1.807, 2.05) is 32.0 Å². The molecule has 4 nitrogen and oxygen atoms in total. The van der Waals surface area contributed by atoms with Gasteiger partial charge in [0.2, 0.25) is 5.91 Å². The molecular weight excluding hydrogens is 355 g/mol. The quantitative estimate of drug-likeness (QED) is 0.720. The number of hydrogen-bond donors (Lipinski definition) is 2. The van der Waals surface area contributed by atoms with Crippen LogP contribution in [0.1, 0.15) is 31.5 Å². The maximum Gasteiger partial charge on any atom is 0.416 e. The Morgan fingerprint density at radius 3 is 2.37 bits per heavy atom. The van der Waals surface area contributed by atoms with Gasteiger partial charge in [0.25, 0.3) is 0 Å². The number of aromatic nitrogens is 1. The fourth-order valence-electron chi connectivity index (χ4n) is 2.57. The summed E-state index contributed by atoms with van der Waals surface area (Å²) in [6, 6.07) is 10.3. The van der Waals surface area contributed by atoms with Gasteiger partial charge in [0.1, 0.15) is 0 Å². The lowest BCUT2D eigenvalue weighted by atomic mass is 10.00. The van der Waals surface area contributed by atoms with Gasteiger partial charge in [0.05, 0.1) is 5.56 Å². The molecule has 0 aliphatic carbocycles. The fourth-order valence-corrected chi connectivity index (χ4v) is 2.57. The number of amides is 1. The molecule has 1 amide bonds. The van der Waals surface area contributed by atoms with E-state index in [1.54, 1.807) is 6.20 Å². The molecule has 0 spiro atoms. The second-order valence-electron chi connectivity index (χ2n) is 6.70. The minimum atomic E-state index is -4.36. The van der Waals surface area contributed by atoms with E-state index in [2.05, 4.69) is 15.6 Å². The molecule has 0 bridgehead atoms. The third kappa shape index (κ3) is 6.92. The van der Waals surface area contributed by atoms with Gasteiger partial charge in [-0.15, -0.1) is 0 Å². The number of carbonyl (C=O) groups is 1. The number of benzene rings is 1. The molecule has 0 saturated carbocycles. The van der Waals surface area contributed by atoms with Crippen molar-refractivity contribution < 1.29 is 18.0 Å². The number of anilines is 1. The first-order valence-electron chi connectivity index (χ1n) is 8.86. The monoisotopic (exact) mass is 379 g/mol. The van der Waals surface area contributed by atoms with Crippen molar-refractivity contribution in [2.45, 2.75) is 38.9 Å². The summed E-state index contributed by atoms with van der Waals surface area (Å²) in [4.78, 5) is 16.4. The summed E-state index contributed by atoms with van der Waals surface area (Å²) in [5, 5.41) is 6.02. The molecule has 2 N–H and O–H groups in total. The Labute approximate surface area is 157 Å². The molecule has 2 aromatic rings. The molecule has 7 heteroatoms. The Hall–Kier alpha value is -2.57. The first-order chi connectivity index (χ1) is 12.8. The summed E-state index contributed by atoms with van der Waals surface area (Å²) in [6.07, 6.45) is -1.77. The van der Waals surface area contributed by atoms with Crippen LogP contribution in [-0.2, 0) is 17.4 Å². The van der Waals surface area contributed by atoms with Crippen LogP contribution < -0.4 is 10.6 Å². The number of nitrogens with zero attached hydrogens (tertiary/aromatic N) is 1. The zero-order valence-corrected chi connectivity index (χ0v) is 15.4. The predicted octanol–water partition coefficient (Wildman–Crippen LogP) is 4.29. The largest absolute Gasteiger partial charge is 0.416 e. The molecular formula is C20H24F3N3O. The van der Waals surface area contributed by atoms with Crippen LogP contribution in [0.4, 0.5) is 18.9 Å². The van der Waals surface area contributed by atoms with Gasteiger partial charge in [0.15, 0.2) is 0 Å². The number of rotatable bonds is 8. The van der Waals surface area contributed by atoms with Gasteiger partial charge in [-0.05, 0) is 42.3 Å². The van der Waals surface area contributed by atoms with E-state index in [-0.39, 0.29) is 24.3 Å². The highest BCUT2D eigenvalue weighted by atomic mass is 19.4. The van der Waals surface area contributed by atoms with Crippen molar-refractivity contribution in [3.63, 3.8) is 0 Å². The van der Waals surface area contributed by atoms with Crippen molar-refractivity contribution in [3.05, 3.63) is 59.9 Å². The van der Waals surface area contributed by atoms with Crippen molar-refractivity contribution >= 4 is 11.6 Å². The second kappa shape index (κ2) is 9.39. The summed E-state index contributed by atoms with van der Waals surface area (Å²) in [6.45, 7) is 4.41. The maximum absolute atomic E-state index is 12.6. The van der Waals surface area contributed by atoms with Gasteiger partial charge in [-0.2, -0.15) is 13.2 Å². The molecule has 1 aromatic heterocycles. The van der Waals surface area contributed by atoms with Gasteiger partial charge < -0.3 is 10.6 Å². The average molecular weight is 379 g/mol. The van der Waals surface area contributed by atoms with Crippen molar-refractivity contribution in [2.24, 2.45) is 5.92 Å². The van der Waals surface area contributed by atoms with Crippen LogP contribution >= 0.6 is 0 Å². The SMILES string of the molecule is CC(C)[C@H](CC(=O)NCCc1ccccn1)Nc1ccc(C(F)(F)F)cc1. The van der Waals surface area contributed by atoms with E-state index in [0.717, 1.165) is 17.8 Å². The highest BCUT2D eigenvalue weighted by Gasteiger charge is 2.30. The Morgan fingerprint density at radius 1 is 1.11 bits per heavy atom. The van der Waals surface area contributed by atoms with Crippen molar-refractivity contribution in [1.29, 1.82) is 0 Å². The number of carbonyl (C=O) groups excluding carboxylic acids is 1. The first-order valence-corrected chi connectivity index (χ1v) is 8.86. The van der Waals surface area contributed by atoms with E-state index in [4.69, 9.17) is 0 Å². The minimum absolute atomic E-state index is 0.107. The third-order valence-electron chi connectivity index (χ3n) is 4.20. The van der Waals surface area contributed by atoms with Crippen molar-refractivity contribution in [3.8, 4) is 0 Å². The number of pyridine rings is 1. The molecule has 27 heavy (non-hydrogen) atoms. The summed E-state index contributed by atoms with van der Waals surface area (Å²) in [5.74, 6) is 0.0258. The van der Waals surface area contributed by atoms with Crippen LogP contribution in [-0.4, -0.2) is 23.5 Å². The zero-order chi connectivity index (χ0) is 19.9. The Kier molecular flexibility index (Phi) is 7.21. The number of nitrogens with one attached hydrogen (secondary N) is 2. The lowest BCUT2D eigenvalue weighted by Crippen LogP contribution is -2.35. The zero-order valence-electron chi connectivity index (χ0n) is 15.4. The Morgan fingerprint density at radius 2 is 1.81 bits per heavy atom.